The molecule has 0 aliphatic carbocycles. The van der Waals surface area contributed by atoms with Crippen LogP contribution in [0.5, 0.6) is 5.75 Å². The summed E-state index contributed by atoms with van der Waals surface area (Å²) >= 11 is 0. The van der Waals surface area contributed by atoms with Crippen molar-refractivity contribution < 1.29 is 33.6 Å². The Labute approximate surface area is 135 Å². The fourth-order valence-corrected chi connectivity index (χ4v) is 1.69. The van der Waals surface area contributed by atoms with Crippen molar-refractivity contribution in [3.63, 3.8) is 0 Å². The number of aliphatic carboxylic acids is 1. The van der Waals surface area contributed by atoms with Crippen molar-refractivity contribution in [2.24, 2.45) is 5.92 Å². The fraction of sp³-hybridized carbons (Fsp3) is 0.500. The van der Waals surface area contributed by atoms with Gasteiger partial charge in [0, 0.05) is 7.11 Å². The van der Waals surface area contributed by atoms with Gasteiger partial charge in [0.15, 0.2) is 0 Å². The largest absolute Gasteiger partial charge is 0.513 e. The van der Waals surface area contributed by atoms with E-state index in [0.717, 1.165) is 5.56 Å². The number of hydrogen-bond donors (Lipinski definition) is 1. The van der Waals surface area contributed by atoms with Gasteiger partial charge in [-0.05, 0) is 24.1 Å². The summed E-state index contributed by atoms with van der Waals surface area (Å²) in [6.45, 7) is 2.92. The highest BCUT2D eigenvalue weighted by atomic mass is 16.7. The predicted molar refractivity (Wildman–Crippen MR) is 81.6 cm³/mol. The highest BCUT2D eigenvalue weighted by Crippen LogP contribution is 2.15. The van der Waals surface area contributed by atoms with E-state index in [0.29, 0.717) is 25.4 Å². The summed E-state index contributed by atoms with van der Waals surface area (Å²) in [5, 5.41) is 8.86. The third-order valence-electron chi connectivity index (χ3n) is 2.97. The van der Waals surface area contributed by atoms with Crippen molar-refractivity contribution in [1.82, 2.24) is 0 Å². The van der Waals surface area contributed by atoms with Gasteiger partial charge in [-0.3, -0.25) is 4.79 Å². The smallest absolute Gasteiger partial charge is 0.481 e. The summed E-state index contributed by atoms with van der Waals surface area (Å²) in [5.74, 6) is -0.978. The Morgan fingerprint density at radius 1 is 1.09 bits per heavy atom. The lowest BCUT2D eigenvalue weighted by atomic mass is 10.0. The molecule has 1 atom stereocenters. The zero-order chi connectivity index (χ0) is 17.1. The van der Waals surface area contributed by atoms with Crippen LogP contribution in [0, 0.1) is 5.92 Å². The molecule has 7 nitrogen and oxygen atoms in total. The molecule has 0 saturated carbocycles. The lowest BCUT2D eigenvalue weighted by Gasteiger charge is -2.08. The molecule has 1 aromatic carbocycles. The van der Waals surface area contributed by atoms with Gasteiger partial charge in [-0.15, -0.1) is 0 Å². The van der Waals surface area contributed by atoms with Crippen molar-refractivity contribution >= 4 is 12.1 Å². The van der Waals surface area contributed by atoms with Crippen LogP contribution in [0.3, 0.4) is 0 Å². The molecule has 0 aromatic heterocycles. The van der Waals surface area contributed by atoms with Crippen LogP contribution in [-0.4, -0.2) is 50.8 Å². The van der Waals surface area contributed by atoms with Crippen molar-refractivity contribution in [3.8, 4) is 5.75 Å². The molecule has 0 heterocycles. The van der Waals surface area contributed by atoms with Gasteiger partial charge in [0.1, 0.15) is 12.4 Å². The minimum atomic E-state index is -0.846. The van der Waals surface area contributed by atoms with E-state index >= 15 is 0 Å². The minimum Gasteiger partial charge on any atom is -0.481 e. The van der Waals surface area contributed by atoms with Crippen LogP contribution in [0.2, 0.25) is 0 Å². The second kappa shape index (κ2) is 10.6. The van der Waals surface area contributed by atoms with Gasteiger partial charge < -0.3 is 24.1 Å². The molecule has 0 bridgehead atoms. The third-order valence-corrected chi connectivity index (χ3v) is 2.97. The van der Waals surface area contributed by atoms with Crippen molar-refractivity contribution in [2.45, 2.75) is 13.3 Å². The topological polar surface area (TPSA) is 91.3 Å². The molecule has 0 fully saturated rings. The van der Waals surface area contributed by atoms with Gasteiger partial charge in [-0.25, -0.2) is 4.79 Å². The van der Waals surface area contributed by atoms with E-state index in [1.807, 2.05) is 0 Å². The molecule has 1 rings (SSSR count). The average molecular weight is 326 g/mol. The number of carbonyl (C=O) groups is 2. The lowest BCUT2D eigenvalue weighted by Crippen LogP contribution is -2.15. The summed E-state index contributed by atoms with van der Waals surface area (Å²) in [5.41, 5.74) is 0.854. The molecule has 0 spiro atoms. The third kappa shape index (κ3) is 8.18. The van der Waals surface area contributed by atoms with Crippen LogP contribution in [0.4, 0.5) is 4.79 Å². The molecule has 0 unspecified atom stereocenters. The van der Waals surface area contributed by atoms with E-state index in [9.17, 15) is 9.59 Å². The number of methoxy groups -OCH3 is 1. The van der Waals surface area contributed by atoms with Gasteiger partial charge in [0.25, 0.3) is 0 Å². The summed E-state index contributed by atoms with van der Waals surface area (Å²) in [4.78, 5) is 22.2. The molecule has 0 amide bonds. The van der Waals surface area contributed by atoms with Crippen LogP contribution in [0.1, 0.15) is 12.5 Å². The first kappa shape index (κ1) is 18.9. The molecule has 0 aliphatic rings. The van der Waals surface area contributed by atoms with Crippen LogP contribution in [0.25, 0.3) is 0 Å². The number of carboxylic acids is 1. The predicted octanol–water partition coefficient (Wildman–Crippen LogP) is 2.13. The van der Waals surface area contributed by atoms with Gasteiger partial charge in [0.05, 0.1) is 25.7 Å². The molecule has 0 aliphatic heterocycles. The quantitative estimate of drug-likeness (QED) is 0.400. The Morgan fingerprint density at radius 2 is 1.74 bits per heavy atom. The Morgan fingerprint density at radius 3 is 2.35 bits per heavy atom. The molecule has 1 aromatic rings. The Hall–Kier alpha value is -2.12. The Balaban J connectivity index is 2.28. The first-order chi connectivity index (χ1) is 11.0. The SMILES string of the molecule is COCCOCCOC(=O)Oc1ccc(C[C@H](C)C(=O)O)cc1. The normalized spacial score (nSPS) is 11.7. The minimum absolute atomic E-state index is 0.0940. The number of benzene rings is 1. The van der Waals surface area contributed by atoms with Crippen molar-refractivity contribution in [3.05, 3.63) is 29.8 Å². The monoisotopic (exact) mass is 326 g/mol. The molecule has 23 heavy (non-hydrogen) atoms. The van der Waals surface area contributed by atoms with Crippen LogP contribution < -0.4 is 4.74 Å². The molecule has 1 N–H and O–H groups in total. The average Bonchev–Trinajstić information content (AvgIpc) is 2.52. The zero-order valence-corrected chi connectivity index (χ0v) is 13.3. The number of ether oxygens (including phenoxy) is 4. The number of hydrogen-bond acceptors (Lipinski definition) is 6. The second-order valence-corrected chi connectivity index (χ2v) is 4.89. The molecular weight excluding hydrogens is 304 g/mol. The fourth-order valence-electron chi connectivity index (χ4n) is 1.69. The summed E-state index contributed by atoms with van der Waals surface area (Å²) in [6.07, 6.45) is -0.397. The standard InChI is InChI=1S/C16H22O7/c1-12(15(17)18)11-13-3-5-14(6-4-13)23-16(19)22-10-9-21-8-7-20-2/h3-6,12H,7-11H2,1-2H3,(H,17,18)/t12-/m0/s1. The van der Waals surface area contributed by atoms with E-state index in [4.69, 9.17) is 24.1 Å². The number of carbonyl (C=O) groups excluding carboxylic acids is 1. The van der Waals surface area contributed by atoms with Crippen LogP contribution in [-0.2, 0) is 25.4 Å². The maximum Gasteiger partial charge on any atom is 0.513 e. The van der Waals surface area contributed by atoms with E-state index in [1.54, 1.807) is 38.3 Å². The summed E-state index contributed by atoms with van der Waals surface area (Å²) in [6, 6.07) is 6.63. The first-order valence-corrected chi connectivity index (χ1v) is 7.26. The van der Waals surface area contributed by atoms with Crippen molar-refractivity contribution in [1.29, 1.82) is 0 Å². The van der Waals surface area contributed by atoms with Gasteiger partial charge in [-0.1, -0.05) is 19.1 Å². The Bertz CT molecular complexity index is 484. The van der Waals surface area contributed by atoms with E-state index in [2.05, 4.69) is 0 Å². The molecule has 0 saturated heterocycles. The van der Waals surface area contributed by atoms with Gasteiger partial charge in [-0.2, -0.15) is 0 Å². The lowest BCUT2D eigenvalue weighted by molar-refractivity contribution is -0.141. The molecular formula is C16H22O7. The van der Waals surface area contributed by atoms with Gasteiger partial charge in [0.2, 0.25) is 0 Å². The molecule has 0 radical (unpaired) electrons. The van der Waals surface area contributed by atoms with E-state index in [1.165, 1.54) is 0 Å². The highest BCUT2D eigenvalue weighted by molar-refractivity contribution is 5.70. The first-order valence-electron chi connectivity index (χ1n) is 7.26. The summed E-state index contributed by atoms with van der Waals surface area (Å²) < 4.78 is 19.8. The van der Waals surface area contributed by atoms with Crippen molar-refractivity contribution in [2.75, 3.05) is 33.5 Å². The Kier molecular flexibility index (Phi) is 8.71. The summed E-state index contributed by atoms with van der Waals surface area (Å²) in [7, 11) is 1.57. The molecule has 128 valence electrons. The highest BCUT2D eigenvalue weighted by Gasteiger charge is 2.12. The maximum atomic E-state index is 11.5. The molecule has 7 heteroatoms. The zero-order valence-electron chi connectivity index (χ0n) is 13.3. The van der Waals surface area contributed by atoms with E-state index in [-0.39, 0.29) is 13.2 Å². The van der Waals surface area contributed by atoms with Crippen LogP contribution in [0.15, 0.2) is 24.3 Å². The number of carboxylic acid groups (broad SMARTS) is 1. The van der Waals surface area contributed by atoms with Crippen LogP contribution >= 0.6 is 0 Å². The maximum absolute atomic E-state index is 11.5. The second-order valence-electron chi connectivity index (χ2n) is 4.89. The van der Waals surface area contributed by atoms with E-state index < -0.39 is 18.0 Å². The number of rotatable bonds is 10. The van der Waals surface area contributed by atoms with Gasteiger partial charge >= 0.3 is 12.1 Å².